The number of benzene rings is 10. The molecule has 382 valence electrons. The van der Waals surface area contributed by atoms with Crippen LogP contribution in [0.4, 0.5) is 0 Å². The van der Waals surface area contributed by atoms with Crippen molar-refractivity contribution in [1.82, 2.24) is 23.7 Å². The fourth-order valence-corrected chi connectivity index (χ4v) is 13.6. The summed E-state index contributed by atoms with van der Waals surface area (Å²) in [7, 11) is 0. The lowest BCUT2D eigenvalue weighted by atomic mass is 9.74. The first-order chi connectivity index (χ1) is 39.6. The molecule has 2 aliphatic carbocycles. The van der Waals surface area contributed by atoms with Crippen LogP contribution >= 0.6 is 0 Å². The number of hydrogen-bond acceptors (Lipinski definition) is 1. The van der Waals surface area contributed by atoms with E-state index in [9.17, 15) is 0 Å². The quantitative estimate of drug-likeness (QED) is 0.166. The number of fused-ring (bicyclic) bond motifs is 14. The Morgan fingerprint density at radius 2 is 0.838 bits per heavy atom. The van der Waals surface area contributed by atoms with Gasteiger partial charge in [-0.3, -0.25) is 4.57 Å². The summed E-state index contributed by atoms with van der Waals surface area (Å²) in [5.74, 6) is 0.955. The molecule has 0 bridgehead atoms. The van der Waals surface area contributed by atoms with Crippen LogP contribution in [0.3, 0.4) is 0 Å². The maximum absolute atomic E-state index is 5.03. The second kappa shape index (κ2) is 18.9. The highest BCUT2D eigenvalue weighted by Crippen LogP contribution is 2.51. The summed E-state index contributed by atoms with van der Waals surface area (Å²) < 4.78 is 7.24. The molecule has 0 saturated carbocycles. The molecule has 0 amide bonds. The van der Waals surface area contributed by atoms with Gasteiger partial charge < -0.3 is 14.1 Å². The third-order valence-corrected chi connectivity index (χ3v) is 16.9. The molecule has 0 saturated heterocycles. The maximum atomic E-state index is 5.03. The number of aryl methyl sites for hydroxylation is 4. The summed E-state index contributed by atoms with van der Waals surface area (Å²) in [4.78, 5) is 9.02. The van der Waals surface area contributed by atoms with E-state index in [1.165, 1.54) is 154 Å². The van der Waals surface area contributed by atoms with Crippen LogP contribution in [0.25, 0.3) is 138 Å². The second-order valence-electron chi connectivity index (χ2n) is 21.0. The Labute approximate surface area is 464 Å². The Hall–Kier alpha value is -9.97. The van der Waals surface area contributed by atoms with Gasteiger partial charge in [0.1, 0.15) is 5.82 Å². The number of nitrogens with one attached hydrogen (secondary N) is 1. The van der Waals surface area contributed by atoms with Crippen molar-refractivity contribution in [1.29, 1.82) is 0 Å². The number of allylic oxidation sites excluding steroid dienone is 2. The third-order valence-electron chi connectivity index (χ3n) is 16.9. The smallest absolute Gasteiger partial charge is 0.137 e. The molecule has 1 N–H and O–H groups in total. The minimum atomic E-state index is 0.955. The molecule has 17 rings (SSSR count). The third kappa shape index (κ3) is 7.13. The number of pyridine rings is 1. The normalized spacial score (nSPS) is 12.5. The molecule has 80 heavy (non-hydrogen) atoms. The SMILES string of the molecule is C=CC=C.CC.c1ccc(-n2c3ccccc3c3cc(-c4ccc5[nH]c6c7c8c(cc6c5c4)CCc4cc5c6cc(-c9ccc%10c(c9)c9ccccc9n%10-c9ccccc9)ccc6n(-c6ccccn6)c5c(c4-8)CC7)ccc32)cc1. The van der Waals surface area contributed by atoms with Crippen LogP contribution in [0.1, 0.15) is 36.1 Å². The van der Waals surface area contributed by atoms with Crippen LogP contribution < -0.4 is 0 Å². The van der Waals surface area contributed by atoms with Crippen LogP contribution in [0, 0.1) is 0 Å². The molecule has 0 fully saturated rings. The van der Waals surface area contributed by atoms with Gasteiger partial charge in [-0.15, -0.1) is 0 Å². The van der Waals surface area contributed by atoms with Gasteiger partial charge in [-0.05, 0) is 191 Å². The summed E-state index contributed by atoms with van der Waals surface area (Å²) in [6.07, 6.45) is 9.17. The standard InChI is InChI=1S/C69H45N5.C4H6.C2H6/c1-3-13-47(14-4-1)72-60-19-9-7-17-49(60)54-36-42(25-31-62(54)72)41-24-30-59-53(35-41)57-39-45-22-23-46-40-58-56-38-44(43-26-32-63-55(37-43)50-18-8-10-20-61(50)73(63)48-15-5-2-6-16-48)27-33-64(56)74(65-21-11-12-34-70-65)69(58)52-29-28-51(68(57)71-59)66(45)67(46)52;1-3-4-2;1-2/h1-21,24-27,30-40,71H,22-23,28-29H2;3-4H,1-2H2;1-2H3. The van der Waals surface area contributed by atoms with Crippen molar-refractivity contribution in [2.75, 3.05) is 0 Å². The van der Waals surface area contributed by atoms with Crippen molar-refractivity contribution in [3.8, 4) is 50.6 Å². The summed E-state index contributed by atoms with van der Waals surface area (Å²) in [6, 6.07) is 78.6. The van der Waals surface area contributed by atoms with E-state index in [2.05, 4.69) is 238 Å². The van der Waals surface area contributed by atoms with E-state index in [1.807, 2.05) is 26.1 Å². The van der Waals surface area contributed by atoms with Crippen molar-refractivity contribution in [2.24, 2.45) is 0 Å². The molecule has 0 unspecified atom stereocenters. The topological polar surface area (TPSA) is 43.5 Å². The zero-order chi connectivity index (χ0) is 53.6. The molecule has 15 aromatic rings. The zero-order valence-corrected chi connectivity index (χ0v) is 45.0. The lowest BCUT2D eigenvalue weighted by Gasteiger charge is -2.31. The molecule has 5 nitrogen and oxygen atoms in total. The highest BCUT2D eigenvalue weighted by atomic mass is 15.1. The van der Waals surface area contributed by atoms with Gasteiger partial charge in [0, 0.05) is 66.2 Å². The van der Waals surface area contributed by atoms with Crippen molar-refractivity contribution in [2.45, 2.75) is 39.5 Å². The van der Waals surface area contributed by atoms with E-state index < -0.39 is 0 Å². The Morgan fingerprint density at radius 1 is 0.388 bits per heavy atom. The first kappa shape index (κ1) is 47.3. The van der Waals surface area contributed by atoms with Crippen LogP contribution in [0.5, 0.6) is 0 Å². The lowest BCUT2D eigenvalue weighted by molar-refractivity contribution is 0.884. The number of para-hydroxylation sites is 4. The average molecular weight is 1030 g/mol. The predicted octanol–water partition coefficient (Wildman–Crippen LogP) is 19.6. The van der Waals surface area contributed by atoms with Crippen molar-refractivity contribution >= 4 is 87.2 Å². The molecule has 5 heteroatoms. The Kier molecular flexibility index (Phi) is 11.2. The van der Waals surface area contributed by atoms with Gasteiger partial charge in [0.25, 0.3) is 0 Å². The number of nitrogens with zero attached hydrogens (tertiary/aromatic N) is 4. The van der Waals surface area contributed by atoms with Gasteiger partial charge in [0.05, 0.1) is 38.6 Å². The Bertz CT molecular complexity index is 4980. The van der Waals surface area contributed by atoms with E-state index in [-0.39, 0.29) is 0 Å². The second-order valence-corrected chi connectivity index (χ2v) is 21.0. The van der Waals surface area contributed by atoms with Gasteiger partial charge in [-0.25, -0.2) is 4.98 Å². The highest BCUT2D eigenvalue weighted by Gasteiger charge is 2.32. The summed E-state index contributed by atoms with van der Waals surface area (Å²) in [5.41, 5.74) is 25.8. The van der Waals surface area contributed by atoms with E-state index in [4.69, 9.17) is 4.98 Å². The fraction of sp³-hybridized carbons (Fsp3) is 0.0800. The minimum absolute atomic E-state index is 0.955. The van der Waals surface area contributed by atoms with Gasteiger partial charge in [0.15, 0.2) is 0 Å². The molecule has 0 radical (unpaired) electrons. The Balaban J connectivity index is 0.000000884. The predicted molar refractivity (Wildman–Crippen MR) is 339 cm³/mol. The molecule has 5 heterocycles. The largest absolute Gasteiger partial charge is 0.354 e. The van der Waals surface area contributed by atoms with Gasteiger partial charge >= 0.3 is 0 Å². The van der Waals surface area contributed by atoms with Crippen molar-refractivity contribution in [3.63, 3.8) is 0 Å². The van der Waals surface area contributed by atoms with E-state index in [0.717, 1.165) is 31.5 Å². The first-order valence-electron chi connectivity index (χ1n) is 28.2. The molecule has 0 atom stereocenters. The van der Waals surface area contributed by atoms with Crippen LogP contribution in [-0.2, 0) is 25.7 Å². The number of rotatable bonds is 6. The Morgan fingerprint density at radius 3 is 1.39 bits per heavy atom. The zero-order valence-electron chi connectivity index (χ0n) is 45.0. The molecule has 2 aliphatic rings. The highest BCUT2D eigenvalue weighted by molar-refractivity contribution is 6.17. The number of aromatic amines is 1. The lowest BCUT2D eigenvalue weighted by Crippen LogP contribution is -2.15. The average Bonchev–Trinajstić information content (AvgIpc) is 4.36. The number of aromatic nitrogens is 5. The van der Waals surface area contributed by atoms with Crippen LogP contribution in [0.15, 0.2) is 244 Å². The monoisotopic (exact) mass is 1030 g/mol. The van der Waals surface area contributed by atoms with Crippen molar-refractivity contribution < 1.29 is 0 Å². The summed E-state index contributed by atoms with van der Waals surface area (Å²) >= 11 is 0. The van der Waals surface area contributed by atoms with Crippen molar-refractivity contribution in [3.05, 3.63) is 266 Å². The molecule has 5 aromatic heterocycles. The van der Waals surface area contributed by atoms with Gasteiger partial charge in [-0.2, -0.15) is 0 Å². The van der Waals surface area contributed by atoms with Gasteiger partial charge in [-0.1, -0.05) is 142 Å². The maximum Gasteiger partial charge on any atom is 0.137 e. The van der Waals surface area contributed by atoms with Crippen LogP contribution in [-0.4, -0.2) is 23.7 Å². The first-order valence-corrected chi connectivity index (χ1v) is 28.2. The van der Waals surface area contributed by atoms with E-state index in [1.54, 1.807) is 12.2 Å². The van der Waals surface area contributed by atoms with E-state index in [0.29, 0.717) is 0 Å². The van der Waals surface area contributed by atoms with Gasteiger partial charge in [0.2, 0.25) is 0 Å². The summed E-state index contributed by atoms with van der Waals surface area (Å²) in [6.45, 7) is 10.7. The molecular weight excluding hydrogens is 971 g/mol. The summed E-state index contributed by atoms with van der Waals surface area (Å²) in [5, 5.41) is 10.3. The molecular formula is C75H57N5. The van der Waals surface area contributed by atoms with Crippen LogP contribution in [0.2, 0.25) is 0 Å². The fourth-order valence-electron chi connectivity index (χ4n) is 13.6. The molecule has 10 aromatic carbocycles. The van der Waals surface area contributed by atoms with E-state index >= 15 is 0 Å². The molecule has 0 spiro atoms. The number of H-pyrrole nitrogens is 1. The molecule has 0 aliphatic heterocycles. The minimum Gasteiger partial charge on any atom is -0.354 e. The number of hydrogen-bond donors (Lipinski definition) is 1.